The molecule has 0 spiro atoms. The molecule has 0 aliphatic rings. The van der Waals surface area contributed by atoms with Crippen molar-refractivity contribution in [3.05, 3.63) is 117 Å². The van der Waals surface area contributed by atoms with E-state index in [1.54, 1.807) is 78.9 Å². The molecule has 0 fully saturated rings. The normalized spacial score (nSPS) is 11.6. The molecule has 1 heterocycles. The minimum atomic E-state index is -1.93. The van der Waals surface area contributed by atoms with Crippen LogP contribution >= 0.6 is 34.8 Å². The lowest BCUT2D eigenvalue weighted by Crippen LogP contribution is -2.43. The molecule has 0 saturated heterocycles. The summed E-state index contributed by atoms with van der Waals surface area (Å²) in [6.07, 6.45) is 1.32. The molecule has 0 bridgehead atoms. The summed E-state index contributed by atoms with van der Waals surface area (Å²) in [5, 5.41) is 16.4. The molecular formula is C25H17Cl3N2O3. The number of rotatable bonds is 6. The highest BCUT2D eigenvalue weighted by atomic mass is 35.5. The van der Waals surface area contributed by atoms with Crippen molar-refractivity contribution in [2.75, 3.05) is 0 Å². The number of carbonyl (C=O) groups excluding carboxylic acids is 1. The number of nitrogens with zero attached hydrogens (tertiary/aromatic N) is 1. The first-order chi connectivity index (χ1) is 15.9. The van der Waals surface area contributed by atoms with Crippen molar-refractivity contribution in [1.29, 1.82) is 0 Å². The van der Waals surface area contributed by atoms with E-state index < -0.39 is 11.5 Å². The molecule has 0 aliphatic carbocycles. The van der Waals surface area contributed by atoms with Gasteiger partial charge in [0.1, 0.15) is 11.5 Å². The number of furan rings is 1. The molecule has 166 valence electrons. The lowest BCUT2D eigenvalue weighted by molar-refractivity contribution is -0.136. The molecule has 4 rings (SSSR count). The van der Waals surface area contributed by atoms with Crippen molar-refractivity contribution in [3.8, 4) is 11.3 Å². The molecule has 0 radical (unpaired) electrons. The Hall–Kier alpha value is -3.09. The zero-order valence-corrected chi connectivity index (χ0v) is 19.3. The minimum absolute atomic E-state index is 0.339. The molecule has 1 amide bonds. The van der Waals surface area contributed by atoms with E-state index in [0.717, 1.165) is 0 Å². The topological polar surface area (TPSA) is 74.8 Å². The summed E-state index contributed by atoms with van der Waals surface area (Å²) in [7, 11) is 0. The van der Waals surface area contributed by atoms with Crippen molar-refractivity contribution in [1.82, 2.24) is 5.43 Å². The number of nitrogens with one attached hydrogen (secondary N) is 1. The average molecular weight is 500 g/mol. The number of benzene rings is 3. The monoisotopic (exact) mass is 498 g/mol. The fourth-order valence-corrected chi connectivity index (χ4v) is 3.94. The minimum Gasteiger partial charge on any atom is -0.455 e. The Labute approximate surface area is 205 Å². The molecule has 0 aliphatic heterocycles. The van der Waals surface area contributed by atoms with Crippen molar-refractivity contribution in [2.24, 2.45) is 5.10 Å². The Morgan fingerprint density at radius 3 is 2.03 bits per heavy atom. The van der Waals surface area contributed by atoms with Gasteiger partial charge in [0.25, 0.3) is 5.91 Å². The van der Waals surface area contributed by atoms with Gasteiger partial charge in [-0.3, -0.25) is 4.79 Å². The summed E-state index contributed by atoms with van der Waals surface area (Å²) in [6.45, 7) is 0. The van der Waals surface area contributed by atoms with Crippen LogP contribution in [-0.4, -0.2) is 17.2 Å². The van der Waals surface area contributed by atoms with E-state index in [-0.39, 0.29) is 0 Å². The zero-order chi connectivity index (χ0) is 23.4. The van der Waals surface area contributed by atoms with Crippen LogP contribution in [0.1, 0.15) is 16.9 Å². The first-order valence-corrected chi connectivity index (χ1v) is 10.9. The van der Waals surface area contributed by atoms with Gasteiger partial charge < -0.3 is 9.52 Å². The second kappa shape index (κ2) is 9.81. The number of amides is 1. The number of hydrogen-bond donors (Lipinski definition) is 2. The molecule has 1 aromatic heterocycles. The van der Waals surface area contributed by atoms with E-state index in [9.17, 15) is 9.90 Å². The zero-order valence-electron chi connectivity index (χ0n) is 17.0. The Morgan fingerprint density at radius 1 is 0.848 bits per heavy atom. The molecule has 33 heavy (non-hydrogen) atoms. The maximum absolute atomic E-state index is 13.0. The van der Waals surface area contributed by atoms with Crippen LogP contribution in [0.15, 0.2) is 94.4 Å². The number of halogens is 3. The molecule has 3 aromatic carbocycles. The summed E-state index contributed by atoms with van der Waals surface area (Å²) in [5.74, 6) is 0.0993. The Kier molecular flexibility index (Phi) is 6.86. The van der Waals surface area contributed by atoms with Gasteiger partial charge in [-0.1, -0.05) is 95.5 Å². The number of hydrogen-bond acceptors (Lipinski definition) is 4. The lowest BCUT2D eigenvalue weighted by Gasteiger charge is -2.26. The number of hydrazone groups is 1. The van der Waals surface area contributed by atoms with Gasteiger partial charge in [-0.05, 0) is 35.4 Å². The Balaban J connectivity index is 1.56. The SMILES string of the molecule is O=C(N/N=C/c1ccc(-c2cc(Cl)c(Cl)cc2Cl)o1)C(O)(c1ccccc1)c1ccccc1. The van der Waals surface area contributed by atoms with Gasteiger partial charge in [-0.25, -0.2) is 5.43 Å². The summed E-state index contributed by atoms with van der Waals surface area (Å²) in [5.41, 5.74) is 1.87. The van der Waals surface area contributed by atoms with Gasteiger partial charge >= 0.3 is 0 Å². The first-order valence-electron chi connectivity index (χ1n) is 9.81. The standard InChI is InChI=1S/C25H17Cl3N2O3/c26-20-14-22(28)21(27)13-19(20)23-12-11-18(33-23)15-29-30-24(31)25(32,16-7-3-1-4-8-16)17-9-5-2-6-10-17/h1-15,32H,(H,30,31)/b29-15+. The van der Waals surface area contributed by atoms with E-state index in [1.165, 1.54) is 12.3 Å². The molecule has 2 N–H and O–H groups in total. The summed E-state index contributed by atoms with van der Waals surface area (Å²) in [6, 6.07) is 23.8. The molecule has 0 atom stereocenters. The highest BCUT2D eigenvalue weighted by molar-refractivity contribution is 6.44. The van der Waals surface area contributed by atoms with Crippen LogP contribution in [0.5, 0.6) is 0 Å². The van der Waals surface area contributed by atoms with Gasteiger partial charge in [0.15, 0.2) is 5.60 Å². The van der Waals surface area contributed by atoms with Gasteiger partial charge in [0.2, 0.25) is 0 Å². The van der Waals surface area contributed by atoms with Gasteiger partial charge in [0.05, 0.1) is 21.3 Å². The van der Waals surface area contributed by atoms with E-state index >= 15 is 0 Å². The Bertz CT molecular complexity index is 1270. The highest BCUT2D eigenvalue weighted by Gasteiger charge is 2.39. The fraction of sp³-hybridized carbons (Fsp3) is 0.0400. The summed E-state index contributed by atoms with van der Waals surface area (Å²) >= 11 is 18.3. The van der Waals surface area contributed by atoms with Crippen molar-refractivity contribution >= 4 is 46.9 Å². The maximum atomic E-state index is 13.0. The second-order valence-corrected chi connectivity index (χ2v) is 8.31. The summed E-state index contributed by atoms with van der Waals surface area (Å²) < 4.78 is 5.73. The largest absolute Gasteiger partial charge is 0.455 e. The van der Waals surface area contributed by atoms with Crippen LogP contribution in [-0.2, 0) is 10.4 Å². The predicted octanol–water partition coefficient (Wildman–Crippen LogP) is 6.29. The third-order valence-electron chi connectivity index (χ3n) is 4.97. The fourth-order valence-electron chi connectivity index (χ4n) is 3.30. The average Bonchev–Trinajstić information content (AvgIpc) is 3.30. The summed E-state index contributed by atoms with van der Waals surface area (Å²) in [4.78, 5) is 13.0. The van der Waals surface area contributed by atoms with Crippen molar-refractivity contribution < 1.29 is 14.3 Å². The molecule has 0 unspecified atom stereocenters. The van der Waals surface area contributed by atoms with Crippen LogP contribution in [0, 0.1) is 0 Å². The van der Waals surface area contributed by atoms with Crippen LogP contribution in [0.2, 0.25) is 15.1 Å². The first kappa shape index (κ1) is 23.1. The van der Waals surface area contributed by atoms with Gasteiger partial charge in [-0.15, -0.1) is 0 Å². The molecule has 5 nitrogen and oxygen atoms in total. The quantitative estimate of drug-likeness (QED) is 0.186. The van der Waals surface area contributed by atoms with E-state index in [0.29, 0.717) is 43.3 Å². The molecule has 4 aromatic rings. The number of carbonyl (C=O) groups is 1. The van der Waals surface area contributed by atoms with Crippen LogP contribution in [0.3, 0.4) is 0 Å². The highest BCUT2D eigenvalue weighted by Crippen LogP contribution is 2.36. The van der Waals surface area contributed by atoms with E-state index in [2.05, 4.69) is 10.5 Å². The van der Waals surface area contributed by atoms with Crippen LogP contribution in [0.25, 0.3) is 11.3 Å². The smallest absolute Gasteiger partial charge is 0.281 e. The van der Waals surface area contributed by atoms with Crippen LogP contribution in [0.4, 0.5) is 0 Å². The predicted molar refractivity (Wildman–Crippen MR) is 131 cm³/mol. The third kappa shape index (κ3) is 4.82. The molecule has 0 saturated carbocycles. The van der Waals surface area contributed by atoms with Crippen molar-refractivity contribution in [3.63, 3.8) is 0 Å². The second-order valence-electron chi connectivity index (χ2n) is 7.09. The number of aliphatic hydroxyl groups is 1. The molecular weight excluding hydrogens is 483 g/mol. The van der Waals surface area contributed by atoms with Crippen LogP contribution < -0.4 is 5.43 Å². The Morgan fingerprint density at radius 2 is 1.42 bits per heavy atom. The lowest BCUT2D eigenvalue weighted by atomic mass is 9.85. The van der Waals surface area contributed by atoms with E-state index in [4.69, 9.17) is 39.2 Å². The maximum Gasteiger partial charge on any atom is 0.281 e. The molecule has 8 heteroatoms. The van der Waals surface area contributed by atoms with Gasteiger partial charge in [0, 0.05) is 5.56 Å². The van der Waals surface area contributed by atoms with E-state index in [1.807, 2.05) is 0 Å². The third-order valence-corrected chi connectivity index (χ3v) is 6.01. The van der Waals surface area contributed by atoms with Crippen molar-refractivity contribution in [2.45, 2.75) is 5.60 Å². The van der Waals surface area contributed by atoms with Gasteiger partial charge in [-0.2, -0.15) is 5.10 Å².